The lowest BCUT2D eigenvalue weighted by atomic mass is 9.79. The molecule has 3 heteroatoms. The first-order valence-corrected chi connectivity index (χ1v) is 5.83. The highest BCUT2D eigenvalue weighted by Crippen LogP contribution is 2.32. The van der Waals surface area contributed by atoms with Crippen molar-refractivity contribution in [2.24, 2.45) is 11.3 Å². The average Bonchev–Trinajstić information content (AvgIpc) is 2.15. The molecule has 0 bridgehead atoms. The van der Waals surface area contributed by atoms with Gasteiger partial charge in [-0.3, -0.25) is 4.79 Å². The minimum Gasteiger partial charge on any atom is -0.481 e. The molecule has 1 fully saturated rings. The zero-order valence-corrected chi connectivity index (χ0v) is 9.70. The van der Waals surface area contributed by atoms with Crippen molar-refractivity contribution < 1.29 is 15.0 Å². The summed E-state index contributed by atoms with van der Waals surface area (Å²) in [4.78, 5) is 10.9. The predicted octanol–water partition coefficient (Wildman–Crippen LogP) is 2.43. The molecule has 2 N–H and O–H groups in total. The van der Waals surface area contributed by atoms with Crippen LogP contribution in [0.1, 0.15) is 52.4 Å². The summed E-state index contributed by atoms with van der Waals surface area (Å²) in [6, 6.07) is 0. The Morgan fingerprint density at radius 2 is 2.07 bits per heavy atom. The normalized spacial score (nSPS) is 27.7. The van der Waals surface area contributed by atoms with Gasteiger partial charge < -0.3 is 10.2 Å². The van der Waals surface area contributed by atoms with Crippen LogP contribution in [0.3, 0.4) is 0 Å². The fraction of sp³-hybridized carbons (Fsp3) is 0.917. The van der Waals surface area contributed by atoms with E-state index in [0.717, 1.165) is 32.1 Å². The largest absolute Gasteiger partial charge is 0.481 e. The first-order chi connectivity index (χ1) is 6.92. The number of carboxylic acids is 1. The van der Waals surface area contributed by atoms with Gasteiger partial charge in [0, 0.05) is 0 Å². The molecule has 0 saturated heterocycles. The maximum absolute atomic E-state index is 10.9. The van der Waals surface area contributed by atoms with Crippen molar-refractivity contribution in [1.29, 1.82) is 0 Å². The highest BCUT2D eigenvalue weighted by atomic mass is 16.4. The summed E-state index contributed by atoms with van der Waals surface area (Å²) in [5, 5.41) is 18.5. The second-order valence-electron chi connectivity index (χ2n) is 5.41. The summed E-state index contributed by atoms with van der Waals surface area (Å²) in [6.45, 7) is 3.54. The molecule has 1 rings (SSSR count). The highest BCUT2D eigenvalue weighted by Gasteiger charge is 2.29. The molecule has 2 unspecified atom stereocenters. The van der Waals surface area contributed by atoms with E-state index in [1.54, 1.807) is 13.8 Å². The molecule has 3 nitrogen and oxygen atoms in total. The molecule has 0 aromatic heterocycles. The number of rotatable bonds is 4. The van der Waals surface area contributed by atoms with Crippen LogP contribution in [-0.2, 0) is 4.79 Å². The zero-order chi connectivity index (χ0) is 11.5. The summed E-state index contributed by atoms with van der Waals surface area (Å²) in [5.41, 5.74) is -0.623. The zero-order valence-electron chi connectivity index (χ0n) is 9.70. The Labute approximate surface area is 91.5 Å². The lowest BCUT2D eigenvalue weighted by Gasteiger charge is -2.28. The number of aliphatic hydroxyl groups is 1. The van der Waals surface area contributed by atoms with Gasteiger partial charge in [-0.25, -0.2) is 0 Å². The molecule has 2 atom stereocenters. The third-order valence-corrected chi connectivity index (χ3v) is 3.51. The number of hydrogen-bond acceptors (Lipinski definition) is 2. The molecule has 0 aliphatic heterocycles. The van der Waals surface area contributed by atoms with E-state index in [2.05, 4.69) is 0 Å². The Hall–Kier alpha value is -0.570. The van der Waals surface area contributed by atoms with Crippen molar-refractivity contribution >= 4 is 5.97 Å². The van der Waals surface area contributed by atoms with E-state index < -0.39 is 11.4 Å². The number of aliphatic hydroxyl groups excluding tert-OH is 1. The minimum absolute atomic E-state index is 0.156. The third-order valence-electron chi connectivity index (χ3n) is 3.51. The van der Waals surface area contributed by atoms with E-state index in [1.807, 2.05) is 0 Å². The maximum Gasteiger partial charge on any atom is 0.309 e. The van der Waals surface area contributed by atoms with E-state index >= 15 is 0 Å². The fourth-order valence-electron chi connectivity index (χ4n) is 2.20. The van der Waals surface area contributed by atoms with Crippen molar-refractivity contribution in [3.05, 3.63) is 0 Å². The second kappa shape index (κ2) is 4.97. The molecule has 1 aliphatic rings. The van der Waals surface area contributed by atoms with Gasteiger partial charge in [0.15, 0.2) is 0 Å². The fourth-order valence-corrected chi connectivity index (χ4v) is 2.20. The van der Waals surface area contributed by atoms with E-state index in [4.69, 9.17) is 5.11 Å². The highest BCUT2D eigenvalue weighted by molar-refractivity contribution is 5.73. The number of hydrogen-bond donors (Lipinski definition) is 2. The van der Waals surface area contributed by atoms with Crippen molar-refractivity contribution in [3.8, 4) is 0 Å². The summed E-state index contributed by atoms with van der Waals surface area (Å²) in [6.07, 6.45) is 5.48. The van der Waals surface area contributed by atoms with Crippen LogP contribution in [0.2, 0.25) is 0 Å². The van der Waals surface area contributed by atoms with Gasteiger partial charge >= 0.3 is 5.97 Å². The lowest BCUT2D eigenvalue weighted by molar-refractivity contribution is -0.147. The third kappa shape index (κ3) is 3.82. The molecular formula is C12H22O3. The molecule has 0 amide bonds. The second-order valence-corrected chi connectivity index (χ2v) is 5.41. The summed E-state index contributed by atoms with van der Waals surface area (Å²) >= 11 is 0. The van der Waals surface area contributed by atoms with E-state index in [-0.39, 0.29) is 6.10 Å². The first kappa shape index (κ1) is 12.5. The van der Waals surface area contributed by atoms with Crippen LogP contribution in [0, 0.1) is 11.3 Å². The smallest absolute Gasteiger partial charge is 0.309 e. The molecule has 88 valence electrons. The molecule has 15 heavy (non-hydrogen) atoms. The predicted molar refractivity (Wildman–Crippen MR) is 58.6 cm³/mol. The van der Waals surface area contributed by atoms with Gasteiger partial charge in [0.1, 0.15) is 0 Å². The topological polar surface area (TPSA) is 57.5 Å². The summed E-state index contributed by atoms with van der Waals surface area (Å²) in [5.74, 6) is -0.203. The molecule has 1 saturated carbocycles. The Balaban J connectivity index is 2.33. The van der Waals surface area contributed by atoms with Crippen molar-refractivity contribution in [1.82, 2.24) is 0 Å². The Morgan fingerprint density at radius 3 is 2.60 bits per heavy atom. The van der Waals surface area contributed by atoms with E-state index in [9.17, 15) is 9.90 Å². The van der Waals surface area contributed by atoms with Gasteiger partial charge in [-0.05, 0) is 45.4 Å². The Morgan fingerprint density at radius 1 is 1.40 bits per heavy atom. The van der Waals surface area contributed by atoms with E-state index in [0.29, 0.717) is 12.3 Å². The van der Waals surface area contributed by atoms with Crippen LogP contribution < -0.4 is 0 Å². The monoisotopic (exact) mass is 214 g/mol. The number of aliphatic carboxylic acids is 1. The number of carboxylic acid groups (broad SMARTS) is 1. The molecule has 0 spiro atoms. The lowest BCUT2D eigenvalue weighted by Crippen LogP contribution is -2.26. The van der Waals surface area contributed by atoms with Crippen LogP contribution in [0.25, 0.3) is 0 Å². The molecular weight excluding hydrogens is 192 g/mol. The van der Waals surface area contributed by atoms with Crippen molar-refractivity contribution in [2.75, 3.05) is 0 Å². The quantitative estimate of drug-likeness (QED) is 0.755. The van der Waals surface area contributed by atoms with Crippen LogP contribution in [0.15, 0.2) is 0 Å². The van der Waals surface area contributed by atoms with Crippen LogP contribution in [0.4, 0.5) is 0 Å². The minimum atomic E-state index is -0.723. The van der Waals surface area contributed by atoms with Crippen molar-refractivity contribution in [2.45, 2.75) is 58.5 Å². The molecule has 0 aromatic rings. The van der Waals surface area contributed by atoms with Crippen molar-refractivity contribution in [3.63, 3.8) is 0 Å². The van der Waals surface area contributed by atoms with Gasteiger partial charge in [0.2, 0.25) is 0 Å². The molecule has 0 heterocycles. The maximum atomic E-state index is 10.9. The van der Waals surface area contributed by atoms with Gasteiger partial charge in [-0.15, -0.1) is 0 Å². The standard InChI is InChI=1S/C12H22O3/c1-12(2,11(14)15)7-6-9-4-3-5-10(13)8-9/h9-10,13H,3-8H2,1-2H3,(H,14,15). The molecule has 0 radical (unpaired) electrons. The Bertz CT molecular complexity index is 223. The summed E-state index contributed by atoms with van der Waals surface area (Å²) in [7, 11) is 0. The molecule has 0 aromatic carbocycles. The Kier molecular flexibility index (Phi) is 4.14. The van der Waals surface area contributed by atoms with E-state index in [1.165, 1.54) is 0 Å². The van der Waals surface area contributed by atoms with Crippen LogP contribution in [0.5, 0.6) is 0 Å². The number of carbonyl (C=O) groups is 1. The first-order valence-electron chi connectivity index (χ1n) is 5.83. The SMILES string of the molecule is CC(C)(CCC1CCCC(O)C1)C(=O)O. The van der Waals surface area contributed by atoms with Crippen LogP contribution in [-0.4, -0.2) is 22.3 Å². The van der Waals surface area contributed by atoms with Gasteiger partial charge in [0.25, 0.3) is 0 Å². The van der Waals surface area contributed by atoms with Gasteiger partial charge in [-0.2, -0.15) is 0 Å². The van der Waals surface area contributed by atoms with Gasteiger partial charge in [-0.1, -0.05) is 12.8 Å². The summed E-state index contributed by atoms with van der Waals surface area (Å²) < 4.78 is 0. The average molecular weight is 214 g/mol. The van der Waals surface area contributed by atoms with Gasteiger partial charge in [0.05, 0.1) is 11.5 Å². The van der Waals surface area contributed by atoms with Crippen LogP contribution >= 0.6 is 0 Å². The molecule has 1 aliphatic carbocycles.